The second-order valence-electron chi connectivity index (χ2n) is 11.6. The molecule has 1 N–H and O–H groups in total. The molecule has 6 aromatic rings. The van der Waals surface area contributed by atoms with Crippen LogP contribution in [0.1, 0.15) is 45.0 Å². The minimum Gasteiger partial charge on any atom is -0.478 e. The Labute approximate surface area is 282 Å². The first-order valence-corrected chi connectivity index (χ1v) is 15.4. The molecule has 14 heteroatoms. The van der Waals surface area contributed by atoms with Crippen LogP contribution in [0.15, 0.2) is 67.1 Å². The number of hydrogen-bond donors (Lipinski definition) is 1. The molecule has 0 radical (unpaired) electrons. The van der Waals surface area contributed by atoms with E-state index in [2.05, 4.69) is 31.9 Å². The second kappa shape index (κ2) is 13.4. The lowest BCUT2D eigenvalue weighted by atomic mass is 10.0. The Balaban J connectivity index is 1.10. The third-order valence-corrected chi connectivity index (χ3v) is 8.13. The summed E-state index contributed by atoms with van der Waals surface area (Å²) in [6.45, 7) is 0.500. The zero-order valence-corrected chi connectivity index (χ0v) is 26.3. The monoisotopic (exact) mass is 682 g/mol. The van der Waals surface area contributed by atoms with Crippen molar-refractivity contribution in [3.05, 3.63) is 124 Å². The molecule has 7 rings (SSSR count). The number of hydrogen-bond acceptors (Lipinski definition) is 7. The number of carbonyl (C=O) groups is 1. The number of pyridine rings is 2. The summed E-state index contributed by atoms with van der Waals surface area (Å²) in [4.78, 5) is 24.3. The number of rotatable bonds is 9. The Bertz CT molecular complexity index is 2340. The molecule has 1 unspecified atom stereocenters. The number of aromatic carboxylic acids is 1. The Morgan fingerprint density at radius 2 is 1.82 bits per heavy atom. The lowest BCUT2D eigenvalue weighted by Gasteiger charge is -2.27. The molecule has 10 nitrogen and oxygen atoms in total. The summed E-state index contributed by atoms with van der Waals surface area (Å²) in [5.74, 6) is 1.61. The summed E-state index contributed by atoms with van der Waals surface area (Å²) in [5.41, 5.74) is 0.763. The number of halogens is 4. The van der Waals surface area contributed by atoms with Crippen LogP contribution in [-0.2, 0) is 31.4 Å². The Kier molecular flexibility index (Phi) is 8.73. The molecule has 0 bridgehead atoms. The predicted octanol–water partition coefficient (Wildman–Crippen LogP) is 5.84. The van der Waals surface area contributed by atoms with Crippen molar-refractivity contribution in [2.24, 2.45) is 7.05 Å². The predicted molar refractivity (Wildman–Crippen MR) is 171 cm³/mol. The fourth-order valence-corrected chi connectivity index (χ4v) is 5.47. The molecular weight excluding hydrogens is 656 g/mol. The molecule has 1 atom stereocenters. The van der Waals surface area contributed by atoms with Crippen molar-refractivity contribution in [2.45, 2.75) is 32.1 Å². The topological polar surface area (TPSA) is 117 Å². The van der Waals surface area contributed by atoms with Crippen LogP contribution >= 0.6 is 0 Å². The Hall–Kier alpha value is -6.07. The molecule has 1 aliphatic heterocycles. The highest BCUT2D eigenvalue weighted by Crippen LogP contribution is 2.30. The SMILES string of the molecule is Cn1cc(C#Cc2cnc(COc3cccc(-c4cc(F)c(Cc5nc6c(F)cc(C(=O)O)cc6n5CC5CCO5)cc4F)n3)c(F)c2)cn1. The van der Waals surface area contributed by atoms with E-state index in [4.69, 9.17) is 9.47 Å². The van der Waals surface area contributed by atoms with E-state index in [1.165, 1.54) is 36.5 Å². The summed E-state index contributed by atoms with van der Waals surface area (Å²) >= 11 is 0. The zero-order valence-electron chi connectivity index (χ0n) is 26.3. The minimum absolute atomic E-state index is 0.000309. The molecule has 1 fully saturated rings. The van der Waals surface area contributed by atoms with Crippen LogP contribution < -0.4 is 4.74 Å². The van der Waals surface area contributed by atoms with Gasteiger partial charge >= 0.3 is 5.97 Å². The number of aromatic nitrogens is 6. The van der Waals surface area contributed by atoms with Crippen LogP contribution in [0.2, 0.25) is 0 Å². The normalized spacial score (nSPS) is 13.9. The van der Waals surface area contributed by atoms with E-state index in [-0.39, 0.29) is 76.5 Å². The fourth-order valence-electron chi connectivity index (χ4n) is 5.47. The van der Waals surface area contributed by atoms with Gasteiger partial charge in [0.15, 0.2) is 5.82 Å². The van der Waals surface area contributed by atoms with Gasteiger partial charge in [0.1, 0.15) is 41.1 Å². The summed E-state index contributed by atoms with van der Waals surface area (Å²) in [7, 11) is 1.76. The molecule has 0 aliphatic carbocycles. The molecule has 0 amide bonds. The number of ether oxygens (including phenoxy) is 2. The van der Waals surface area contributed by atoms with Crippen molar-refractivity contribution >= 4 is 17.0 Å². The van der Waals surface area contributed by atoms with Crippen LogP contribution in [0.5, 0.6) is 5.88 Å². The summed E-state index contributed by atoms with van der Waals surface area (Å²) in [5, 5.41) is 13.5. The molecule has 4 aromatic heterocycles. The number of imidazole rings is 1. The largest absolute Gasteiger partial charge is 0.478 e. The molecule has 50 heavy (non-hydrogen) atoms. The second-order valence-corrected chi connectivity index (χ2v) is 11.6. The van der Waals surface area contributed by atoms with E-state index < -0.39 is 29.2 Å². The smallest absolute Gasteiger partial charge is 0.335 e. The molecule has 0 saturated carbocycles. The van der Waals surface area contributed by atoms with Gasteiger partial charge in [-0.1, -0.05) is 17.9 Å². The van der Waals surface area contributed by atoms with Crippen LogP contribution in [0.4, 0.5) is 17.6 Å². The number of aryl methyl sites for hydroxylation is 1. The highest BCUT2D eigenvalue weighted by atomic mass is 19.1. The van der Waals surface area contributed by atoms with E-state index in [9.17, 15) is 18.7 Å². The number of nitrogens with zero attached hydrogens (tertiary/aromatic N) is 6. The van der Waals surface area contributed by atoms with Crippen LogP contribution in [0, 0.1) is 35.1 Å². The van der Waals surface area contributed by atoms with Crippen LogP contribution in [-0.4, -0.2) is 53.1 Å². The van der Waals surface area contributed by atoms with Crippen molar-refractivity contribution in [2.75, 3.05) is 6.61 Å². The average molecular weight is 683 g/mol. The lowest BCUT2D eigenvalue weighted by Crippen LogP contribution is -2.31. The summed E-state index contributed by atoms with van der Waals surface area (Å²) < 4.78 is 75.1. The Morgan fingerprint density at radius 3 is 2.54 bits per heavy atom. The van der Waals surface area contributed by atoms with Gasteiger partial charge in [0, 0.05) is 49.7 Å². The van der Waals surface area contributed by atoms with E-state index in [0.717, 1.165) is 24.6 Å². The van der Waals surface area contributed by atoms with Gasteiger partial charge in [-0.2, -0.15) is 5.10 Å². The molecule has 252 valence electrons. The van der Waals surface area contributed by atoms with Gasteiger partial charge < -0.3 is 19.1 Å². The quantitative estimate of drug-likeness (QED) is 0.149. The highest BCUT2D eigenvalue weighted by Gasteiger charge is 2.25. The third-order valence-electron chi connectivity index (χ3n) is 8.13. The Morgan fingerprint density at radius 1 is 1.00 bits per heavy atom. The molecular formula is C36H26F4N6O4. The number of carboxylic acids is 1. The van der Waals surface area contributed by atoms with Gasteiger partial charge in [0.25, 0.3) is 0 Å². The van der Waals surface area contributed by atoms with Crippen molar-refractivity contribution < 1.29 is 36.9 Å². The molecule has 2 aromatic carbocycles. The summed E-state index contributed by atoms with van der Waals surface area (Å²) in [6.07, 6.45) is 5.03. The minimum atomic E-state index is -1.31. The highest BCUT2D eigenvalue weighted by molar-refractivity contribution is 5.92. The first-order valence-electron chi connectivity index (χ1n) is 15.4. The lowest BCUT2D eigenvalue weighted by molar-refractivity contribution is -0.0589. The molecule has 1 aliphatic rings. The van der Waals surface area contributed by atoms with E-state index >= 15 is 8.78 Å². The van der Waals surface area contributed by atoms with Gasteiger partial charge in [0.2, 0.25) is 5.88 Å². The number of carboxylic acid groups (broad SMARTS) is 1. The molecule has 0 spiro atoms. The van der Waals surface area contributed by atoms with Crippen molar-refractivity contribution in [3.63, 3.8) is 0 Å². The number of benzene rings is 2. The maximum atomic E-state index is 15.6. The van der Waals surface area contributed by atoms with Gasteiger partial charge in [0.05, 0.1) is 41.2 Å². The first-order chi connectivity index (χ1) is 24.1. The third kappa shape index (κ3) is 6.76. The van der Waals surface area contributed by atoms with Gasteiger partial charge in [-0.15, -0.1) is 0 Å². The van der Waals surface area contributed by atoms with E-state index in [1.54, 1.807) is 28.7 Å². The van der Waals surface area contributed by atoms with Gasteiger partial charge in [-0.25, -0.2) is 32.3 Å². The first kappa shape index (κ1) is 32.5. The average Bonchev–Trinajstić information content (AvgIpc) is 3.65. The van der Waals surface area contributed by atoms with Crippen molar-refractivity contribution in [3.8, 4) is 29.0 Å². The van der Waals surface area contributed by atoms with Crippen molar-refractivity contribution in [1.29, 1.82) is 0 Å². The van der Waals surface area contributed by atoms with Crippen LogP contribution in [0.25, 0.3) is 22.3 Å². The molecule has 5 heterocycles. The van der Waals surface area contributed by atoms with Crippen molar-refractivity contribution in [1.82, 2.24) is 29.3 Å². The van der Waals surface area contributed by atoms with Crippen LogP contribution in [0.3, 0.4) is 0 Å². The van der Waals surface area contributed by atoms with E-state index in [1.807, 2.05) is 0 Å². The maximum Gasteiger partial charge on any atom is 0.335 e. The molecule has 1 saturated heterocycles. The van der Waals surface area contributed by atoms with E-state index in [0.29, 0.717) is 17.7 Å². The van der Waals surface area contributed by atoms with Gasteiger partial charge in [-0.3, -0.25) is 9.67 Å². The zero-order chi connectivity index (χ0) is 34.9. The standard InChI is InChI=1S/C36H26F4N6O4/c1-45-17-21(16-42-45)6-5-20-9-28(39)31(41-15-20)19-50-34-4-2-3-30(43-34)25-14-26(37)22(10-27(25)38)13-33-44-35-29(40)11-23(36(47)48)12-32(35)46(33)18-24-7-8-49-24/h2-4,9-12,14-17,24H,7-8,13,18-19H2,1H3,(H,47,48). The summed E-state index contributed by atoms with van der Waals surface area (Å²) in [6, 6.07) is 9.91. The maximum absolute atomic E-state index is 15.6. The fraction of sp³-hybridized carbons (Fsp3) is 0.194. The van der Waals surface area contributed by atoms with Gasteiger partial charge in [-0.05, 0) is 48.4 Å². The number of fused-ring (bicyclic) bond motifs is 1.